The van der Waals surface area contributed by atoms with E-state index in [-0.39, 0.29) is 35.9 Å². The van der Waals surface area contributed by atoms with Crippen molar-refractivity contribution in [1.82, 2.24) is 0 Å². The van der Waals surface area contributed by atoms with Crippen LogP contribution in [0.1, 0.15) is 22.8 Å². The zero-order valence-electron chi connectivity index (χ0n) is 15.2. The van der Waals surface area contributed by atoms with Gasteiger partial charge in [-0.05, 0) is 18.9 Å². The lowest BCUT2D eigenvalue weighted by Gasteiger charge is -2.18. The summed E-state index contributed by atoms with van der Waals surface area (Å²) < 4.78 is 10.5. The van der Waals surface area contributed by atoms with Gasteiger partial charge in [0, 0.05) is 24.7 Å². The Hall–Kier alpha value is -3.69. The molecule has 0 aromatic heterocycles. The van der Waals surface area contributed by atoms with E-state index < -0.39 is 21.4 Å². The molecule has 0 atom stereocenters. The van der Waals surface area contributed by atoms with Crippen molar-refractivity contribution in [2.75, 3.05) is 25.2 Å². The molecule has 1 aliphatic heterocycles. The first-order valence-corrected chi connectivity index (χ1v) is 8.45. The number of methoxy groups -OCH3 is 1. The van der Waals surface area contributed by atoms with E-state index in [1.54, 1.807) is 13.0 Å². The lowest BCUT2D eigenvalue weighted by Crippen LogP contribution is -2.29. The van der Waals surface area contributed by atoms with E-state index in [1.807, 2.05) is 0 Å². The second-order valence-corrected chi connectivity index (χ2v) is 5.99. The molecule has 2 aromatic carbocycles. The third-order valence-electron chi connectivity index (χ3n) is 4.43. The van der Waals surface area contributed by atoms with Crippen LogP contribution in [0.15, 0.2) is 30.3 Å². The maximum Gasteiger partial charge on any atom is 0.286 e. The van der Waals surface area contributed by atoms with Gasteiger partial charge in [-0.15, -0.1) is 0 Å². The predicted octanol–water partition coefficient (Wildman–Crippen LogP) is 3.11. The van der Waals surface area contributed by atoms with Crippen molar-refractivity contribution < 1.29 is 24.1 Å². The van der Waals surface area contributed by atoms with Crippen LogP contribution in [0, 0.1) is 20.2 Å². The van der Waals surface area contributed by atoms with E-state index >= 15 is 0 Å². The topological polar surface area (TPSA) is 125 Å². The van der Waals surface area contributed by atoms with Gasteiger partial charge in [0.2, 0.25) is 0 Å². The van der Waals surface area contributed by atoms with Gasteiger partial charge in [0.05, 0.1) is 35.3 Å². The predicted molar refractivity (Wildman–Crippen MR) is 99.3 cm³/mol. The summed E-state index contributed by atoms with van der Waals surface area (Å²) in [7, 11) is 1.35. The van der Waals surface area contributed by atoms with Crippen LogP contribution >= 0.6 is 0 Å². The molecule has 0 N–H and O–H groups in total. The van der Waals surface area contributed by atoms with Crippen LogP contribution in [0.2, 0.25) is 0 Å². The van der Waals surface area contributed by atoms with Gasteiger partial charge in [-0.2, -0.15) is 0 Å². The van der Waals surface area contributed by atoms with Gasteiger partial charge >= 0.3 is 0 Å². The summed E-state index contributed by atoms with van der Waals surface area (Å²) in [5.41, 5.74) is 0.387. The summed E-state index contributed by atoms with van der Waals surface area (Å²) >= 11 is 0. The van der Waals surface area contributed by atoms with Crippen LogP contribution in [0.5, 0.6) is 11.5 Å². The van der Waals surface area contributed by atoms with Crippen LogP contribution in [0.25, 0.3) is 0 Å². The highest BCUT2D eigenvalue weighted by Gasteiger charge is 2.33. The van der Waals surface area contributed by atoms with Crippen LogP contribution in [-0.4, -0.2) is 36.0 Å². The van der Waals surface area contributed by atoms with Gasteiger partial charge in [0.15, 0.2) is 11.5 Å². The molecule has 28 heavy (non-hydrogen) atoms. The average molecular weight is 387 g/mol. The fraction of sp³-hybridized carbons (Fsp3) is 0.278. The Kier molecular flexibility index (Phi) is 5.12. The molecule has 3 rings (SSSR count). The molecule has 1 amide bonds. The number of nitro benzene ring substituents is 2. The largest absolute Gasteiger partial charge is 0.493 e. The molecule has 1 heterocycles. The number of carbonyl (C=O) groups excluding carboxylic acids is 1. The highest BCUT2D eigenvalue weighted by molar-refractivity contribution is 6.10. The maximum absolute atomic E-state index is 13.1. The first kappa shape index (κ1) is 19.1. The Morgan fingerprint density at radius 2 is 1.89 bits per heavy atom. The van der Waals surface area contributed by atoms with Crippen molar-refractivity contribution in [3.05, 3.63) is 61.7 Å². The van der Waals surface area contributed by atoms with Gasteiger partial charge in [0.1, 0.15) is 5.56 Å². The van der Waals surface area contributed by atoms with E-state index in [9.17, 15) is 25.0 Å². The molecule has 0 bridgehead atoms. The average Bonchev–Trinajstić information content (AvgIpc) is 3.10. The Morgan fingerprint density at radius 3 is 2.50 bits per heavy atom. The lowest BCUT2D eigenvalue weighted by molar-refractivity contribution is -0.385. The Morgan fingerprint density at radius 1 is 1.14 bits per heavy atom. The number of ether oxygens (including phenoxy) is 2. The van der Waals surface area contributed by atoms with Gasteiger partial charge in [-0.3, -0.25) is 25.0 Å². The molecular weight excluding hydrogens is 370 g/mol. The minimum atomic E-state index is -0.671. The number of carbonyl (C=O) groups is 1. The van der Waals surface area contributed by atoms with E-state index in [4.69, 9.17) is 9.47 Å². The number of fused-ring (bicyclic) bond motifs is 1. The highest BCUT2D eigenvalue weighted by atomic mass is 16.6. The number of benzene rings is 2. The van der Waals surface area contributed by atoms with Crippen molar-refractivity contribution in [1.29, 1.82) is 0 Å². The first-order valence-electron chi connectivity index (χ1n) is 8.45. The number of hydrogen-bond donors (Lipinski definition) is 0. The monoisotopic (exact) mass is 387 g/mol. The first-order chi connectivity index (χ1) is 13.4. The summed E-state index contributed by atoms with van der Waals surface area (Å²) in [4.78, 5) is 35.8. The minimum Gasteiger partial charge on any atom is -0.493 e. The van der Waals surface area contributed by atoms with Gasteiger partial charge in [-0.25, -0.2) is 0 Å². The number of non-ortho nitro benzene ring substituents is 1. The number of amides is 1. The summed E-state index contributed by atoms with van der Waals surface area (Å²) in [6.07, 6.45) is 0.501. The molecular formula is C18H17N3O7. The number of nitrogens with zero attached hydrogens (tertiary/aromatic N) is 3. The van der Waals surface area contributed by atoms with Gasteiger partial charge < -0.3 is 14.4 Å². The molecule has 1 aliphatic rings. The molecule has 10 nitrogen and oxygen atoms in total. The number of rotatable bonds is 6. The number of anilines is 1. The van der Waals surface area contributed by atoms with Crippen molar-refractivity contribution >= 4 is 23.0 Å². The number of hydrogen-bond acceptors (Lipinski definition) is 7. The Balaban J connectivity index is 2.09. The van der Waals surface area contributed by atoms with Crippen LogP contribution in [0.4, 0.5) is 17.1 Å². The van der Waals surface area contributed by atoms with Crippen molar-refractivity contribution in [2.24, 2.45) is 0 Å². The molecule has 0 aliphatic carbocycles. The SMILES string of the molecule is CCOc1cc(C(=O)N2CCc3ccc([N+](=O)[O-])cc32)c([N+](=O)[O-])cc1OC. The molecule has 0 radical (unpaired) electrons. The Labute approximate surface area is 159 Å². The van der Waals surface area contributed by atoms with Crippen LogP contribution in [0.3, 0.4) is 0 Å². The van der Waals surface area contributed by atoms with E-state index in [2.05, 4.69) is 0 Å². The molecule has 0 unspecified atom stereocenters. The molecule has 2 aromatic rings. The summed E-state index contributed by atoms with van der Waals surface area (Å²) in [6, 6.07) is 6.69. The fourth-order valence-corrected chi connectivity index (χ4v) is 3.14. The molecule has 0 saturated carbocycles. The summed E-state index contributed by atoms with van der Waals surface area (Å²) in [5.74, 6) is -0.283. The zero-order chi connectivity index (χ0) is 20.4. The molecule has 0 fully saturated rings. The smallest absolute Gasteiger partial charge is 0.286 e. The highest BCUT2D eigenvalue weighted by Crippen LogP contribution is 2.38. The van der Waals surface area contributed by atoms with E-state index in [1.165, 1.54) is 30.2 Å². The second kappa shape index (κ2) is 7.51. The quantitative estimate of drug-likeness (QED) is 0.551. The third-order valence-corrected chi connectivity index (χ3v) is 4.43. The fourth-order valence-electron chi connectivity index (χ4n) is 3.14. The standard InChI is InChI=1S/C18H17N3O7/c1-3-28-17-9-13(15(21(25)26)10-16(17)27-2)18(22)19-7-6-11-4-5-12(20(23)24)8-14(11)19/h4-5,8-10H,3,6-7H2,1-2H3. The minimum absolute atomic E-state index is 0.141. The zero-order valence-corrected chi connectivity index (χ0v) is 15.2. The number of nitro groups is 2. The summed E-state index contributed by atoms with van der Waals surface area (Å²) in [6.45, 7) is 2.28. The van der Waals surface area contributed by atoms with Crippen LogP contribution < -0.4 is 14.4 Å². The van der Waals surface area contributed by atoms with Gasteiger partial charge in [0.25, 0.3) is 17.3 Å². The maximum atomic E-state index is 13.1. The van der Waals surface area contributed by atoms with E-state index in [0.29, 0.717) is 12.1 Å². The lowest BCUT2D eigenvalue weighted by atomic mass is 10.1. The third kappa shape index (κ3) is 3.31. The molecule has 0 spiro atoms. The van der Waals surface area contributed by atoms with Crippen LogP contribution in [-0.2, 0) is 6.42 Å². The van der Waals surface area contributed by atoms with Crippen molar-refractivity contribution in [3.8, 4) is 11.5 Å². The normalized spacial score (nSPS) is 12.4. The van der Waals surface area contributed by atoms with Gasteiger partial charge in [-0.1, -0.05) is 6.07 Å². The summed E-state index contributed by atoms with van der Waals surface area (Å²) in [5, 5.41) is 22.6. The van der Waals surface area contributed by atoms with Crippen molar-refractivity contribution in [2.45, 2.75) is 13.3 Å². The molecule has 10 heteroatoms. The molecule has 0 saturated heterocycles. The van der Waals surface area contributed by atoms with Crippen molar-refractivity contribution in [3.63, 3.8) is 0 Å². The second-order valence-electron chi connectivity index (χ2n) is 5.99. The molecule has 146 valence electrons. The Bertz CT molecular complexity index is 974. The van der Waals surface area contributed by atoms with E-state index in [0.717, 1.165) is 11.6 Å².